The van der Waals surface area contributed by atoms with E-state index < -0.39 is 10.0 Å². The highest BCUT2D eigenvalue weighted by Crippen LogP contribution is 2.10. The highest BCUT2D eigenvalue weighted by atomic mass is 32.2. The van der Waals surface area contributed by atoms with Crippen LogP contribution in [0.15, 0.2) is 6.20 Å². The second-order valence-electron chi connectivity index (χ2n) is 3.19. The van der Waals surface area contributed by atoms with Crippen molar-refractivity contribution in [3.63, 3.8) is 0 Å². The quantitative estimate of drug-likeness (QED) is 0.701. The second kappa shape index (κ2) is 5.55. The summed E-state index contributed by atoms with van der Waals surface area (Å²) < 4.78 is 23.9. The van der Waals surface area contributed by atoms with Crippen LogP contribution in [0, 0.1) is 6.92 Å². The molecule has 86 valence electrons. The maximum Gasteiger partial charge on any atom is 0.208 e. The number of aromatic nitrogens is 1. The highest BCUT2D eigenvalue weighted by Gasteiger charge is 1.99. The minimum absolute atomic E-state index is 0.413. The molecular formula is C8H15N3O2S2. The number of hydrogen-bond acceptors (Lipinski definition) is 5. The number of aryl methyl sites for hydroxylation is 1. The van der Waals surface area contributed by atoms with Gasteiger partial charge in [0.25, 0.3) is 0 Å². The molecule has 1 aromatic rings. The lowest BCUT2D eigenvalue weighted by atomic mass is 10.5. The molecule has 0 aliphatic rings. The van der Waals surface area contributed by atoms with Gasteiger partial charge in [-0.15, -0.1) is 11.3 Å². The minimum atomic E-state index is -3.06. The van der Waals surface area contributed by atoms with Crippen molar-refractivity contribution in [2.45, 2.75) is 13.5 Å². The Balaban J connectivity index is 2.12. The van der Waals surface area contributed by atoms with E-state index >= 15 is 0 Å². The zero-order valence-electron chi connectivity index (χ0n) is 8.78. The topological polar surface area (TPSA) is 71.1 Å². The molecule has 0 amide bonds. The fourth-order valence-corrected chi connectivity index (χ4v) is 2.26. The fourth-order valence-electron chi connectivity index (χ4n) is 1.02. The van der Waals surface area contributed by atoms with Crippen molar-refractivity contribution < 1.29 is 8.42 Å². The Bertz CT molecular complexity index is 400. The SMILES string of the molecule is Cc1ncc(CNCCNS(C)(=O)=O)s1. The largest absolute Gasteiger partial charge is 0.310 e. The summed E-state index contributed by atoms with van der Waals surface area (Å²) in [4.78, 5) is 5.28. The molecule has 15 heavy (non-hydrogen) atoms. The molecule has 1 rings (SSSR count). The molecule has 2 N–H and O–H groups in total. The second-order valence-corrected chi connectivity index (χ2v) is 6.34. The van der Waals surface area contributed by atoms with E-state index in [0.717, 1.165) is 22.7 Å². The molecule has 0 aliphatic heterocycles. The van der Waals surface area contributed by atoms with Crippen LogP contribution < -0.4 is 10.0 Å². The normalized spacial score (nSPS) is 11.9. The van der Waals surface area contributed by atoms with Gasteiger partial charge in [0, 0.05) is 30.7 Å². The van der Waals surface area contributed by atoms with Gasteiger partial charge in [-0.05, 0) is 6.92 Å². The average molecular weight is 249 g/mol. The third-order valence-electron chi connectivity index (χ3n) is 1.63. The number of hydrogen-bond donors (Lipinski definition) is 2. The molecule has 0 aliphatic carbocycles. The van der Waals surface area contributed by atoms with E-state index in [9.17, 15) is 8.42 Å². The van der Waals surface area contributed by atoms with Gasteiger partial charge in [0.2, 0.25) is 10.0 Å². The zero-order chi connectivity index (χ0) is 11.3. The number of rotatable bonds is 6. The van der Waals surface area contributed by atoms with Gasteiger partial charge >= 0.3 is 0 Å². The number of sulfonamides is 1. The Morgan fingerprint density at radius 3 is 2.73 bits per heavy atom. The Labute approximate surface area is 94.0 Å². The summed E-state index contributed by atoms with van der Waals surface area (Å²) in [5.74, 6) is 0. The molecule has 0 fully saturated rings. The van der Waals surface area contributed by atoms with E-state index in [0.29, 0.717) is 13.1 Å². The Hall–Kier alpha value is -0.500. The van der Waals surface area contributed by atoms with Crippen molar-refractivity contribution in [3.05, 3.63) is 16.1 Å². The Morgan fingerprint density at radius 2 is 2.20 bits per heavy atom. The summed E-state index contributed by atoms with van der Waals surface area (Å²) in [6.07, 6.45) is 2.98. The molecule has 0 atom stereocenters. The van der Waals surface area contributed by atoms with Crippen LogP contribution in [0.5, 0.6) is 0 Å². The van der Waals surface area contributed by atoms with Crippen LogP contribution in [0.2, 0.25) is 0 Å². The lowest BCUT2D eigenvalue weighted by Crippen LogP contribution is -2.30. The summed E-state index contributed by atoms with van der Waals surface area (Å²) in [5.41, 5.74) is 0. The minimum Gasteiger partial charge on any atom is -0.310 e. The van der Waals surface area contributed by atoms with E-state index in [2.05, 4.69) is 15.0 Å². The van der Waals surface area contributed by atoms with Crippen LogP contribution in [0.1, 0.15) is 9.88 Å². The predicted molar refractivity (Wildman–Crippen MR) is 61.4 cm³/mol. The summed E-state index contributed by atoms with van der Waals surface area (Å²) in [6, 6.07) is 0. The van der Waals surface area contributed by atoms with E-state index in [1.807, 2.05) is 13.1 Å². The first-order valence-electron chi connectivity index (χ1n) is 4.54. The van der Waals surface area contributed by atoms with Gasteiger partial charge in [-0.2, -0.15) is 0 Å². The van der Waals surface area contributed by atoms with Gasteiger partial charge in [-0.3, -0.25) is 0 Å². The molecular weight excluding hydrogens is 234 g/mol. The zero-order valence-corrected chi connectivity index (χ0v) is 10.4. The van der Waals surface area contributed by atoms with E-state index in [4.69, 9.17) is 0 Å². The molecule has 1 heterocycles. The molecule has 5 nitrogen and oxygen atoms in total. The first-order chi connectivity index (χ1) is 6.97. The first-order valence-corrected chi connectivity index (χ1v) is 7.25. The maximum absolute atomic E-state index is 10.7. The van der Waals surface area contributed by atoms with Gasteiger partial charge in [-0.25, -0.2) is 18.1 Å². The molecule has 0 bridgehead atoms. The fraction of sp³-hybridized carbons (Fsp3) is 0.625. The van der Waals surface area contributed by atoms with Crippen LogP contribution >= 0.6 is 11.3 Å². The van der Waals surface area contributed by atoms with E-state index in [-0.39, 0.29) is 0 Å². The van der Waals surface area contributed by atoms with E-state index in [1.54, 1.807) is 11.3 Å². The Kier molecular flexibility index (Phi) is 4.65. The summed E-state index contributed by atoms with van der Waals surface area (Å²) in [6.45, 7) is 3.72. The lowest BCUT2D eigenvalue weighted by molar-refractivity contribution is 0.582. The number of thiazole rings is 1. The lowest BCUT2D eigenvalue weighted by Gasteiger charge is -2.03. The van der Waals surface area contributed by atoms with Crippen LogP contribution in [0.4, 0.5) is 0 Å². The van der Waals surface area contributed by atoms with Gasteiger partial charge in [0.15, 0.2) is 0 Å². The standard InChI is InChI=1S/C8H15N3O2S2/c1-7-10-6-8(14-7)5-9-3-4-11-15(2,12)13/h6,9,11H,3-5H2,1-2H3. The van der Waals surface area contributed by atoms with Crippen molar-refractivity contribution in [1.82, 2.24) is 15.0 Å². The van der Waals surface area contributed by atoms with Crippen LogP contribution in [-0.2, 0) is 16.6 Å². The average Bonchev–Trinajstić information content (AvgIpc) is 2.49. The molecule has 0 saturated heterocycles. The molecule has 1 aromatic heterocycles. The summed E-state index contributed by atoms with van der Waals surface area (Å²) >= 11 is 1.64. The molecule has 0 aromatic carbocycles. The van der Waals surface area contributed by atoms with Gasteiger partial charge in [0.05, 0.1) is 11.3 Å². The molecule has 0 radical (unpaired) electrons. The van der Waals surface area contributed by atoms with Crippen molar-refractivity contribution in [3.8, 4) is 0 Å². The van der Waals surface area contributed by atoms with E-state index in [1.165, 1.54) is 0 Å². The van der Waals surface area contributed by atoms with Crippen LogP contribution in [-0.4, -0.2) is 32.7 Å². The first kappa shape index (κ1) is 12.6. The van der Waals surface area contributed by atoms with Crippen molar-refractivity contribution in [2.75, 3.05) is 19.3 Å². The third kappa shape index (κ3) is 5.83. The Morgan fingerprint density at radius 1 is 1.47 bits per heavy atom. The molecule has 0 spiro atoms. The molecule has 0 saturated carbocycles. The van der Waals surface area contributed by atoms with Crippen LogP contribution in [0.25, 0.3) is 0 Å². The van der Waals surface area contributed by atoms with Gasteiger partial charge < -0.3 is 5.32 Å². The summed E-state index contributed by atoms with van der Waals surface area (Å²) in [7, 11) is -3.06. The van der Waals surface area contributed by atoms with Crippen molar-refractivity contribution in [2.24, 2.45) is 0 Å². The highest BCUT2D eigenvalue weighted by molar-refractivity contribution is 7.88. The maximum atomic E-state index is 10.7. The number of nitrogens with zero attached hydrogens (tertiary/aromatic N) is 1. The third-order valence-corrected chi connectivity index (χ3v) is 3.28. The van der Waals surface area contributed by atoms with Gasteiger partial charge in [-0.1, -0.05) is 0 Å². The smallest absolute Gasteiger partial charge is 0.208 e. The van der Waals surface area contributed by atoms with Crippen LogP contribution in [0.3, 0.4) is 0 Å². The monoisotopic (exact) mass is 249 g/mol. The molecule has 0 unspecified atom stereocenters. The van der Waals surface area contributed by atoms with Crippen molar-refractivity contribution >= 4 is 21.4 Å². The van der Waals surface area contributed by atoms with Gasteiger partial charge in [0.1, 0.15) is 0 Å². The predicted octanol–water partition coefficient (Wildman–Crippen LogP) is 0.0903. The molecule has 7 heteroatoms. The number of nitrogens with one attached hydrogen (secondary N) is 2. The summed E-state index contributed by atoms with van der Waals surface area (Å²) in [5, 5.41) is 4.17. The van der Waals surface area contributed by atoms with Crippen molar-refractivity contribution in [1.29, 1.82) is 0 Å².